The molecule has 0 bridgehead atoms. The van der Waals surface area contributed by atoms with Crippen molar-refractivity contribution < 1.29 is 4.74 Å². The molecule has 0 saturated carbocycles. The quantitative estimate of drug-likeness (QED) is 0.865. The third-order valence-electron chi connectivity index (χ3n) is 2.92. The summed E-state index contributed by atoms with van der Waals surface area (Å²) in [6, 6.07) is 9.12. The number of allylic oxidation sites excluding steroid dienone is 1. The molecule has 0 aromatic heterocycles. The topological polar surface area (TPSA) is 72.1 Å². The molecule has 1 aliphatic rings. The van der Waals surface area contributed by atoms with E-state index in [4.69, 9.17) is 26.9 Å². The number of rotatable bonds is 3. The Balaban J connectivity index is 2.26. The van der Waals surface area contributed by atoms with Gasteiger partial charge in [0.05, 0.1) is 24.6 Å². The zero-order valence-corrected chi connectivity index (χ0v) is 11.5. The highest BCUT2D eigenvalue weighted by Crippen LogP contribution is 2.30. The summed E-state index contributed by atoms with van der Waals surface area (Å²) < 4.78 is 5.33. The number of nitrogens with zero attached hydrogens (tertiary/aromatic N) is 3. The van der Waals surface area contributed by atoms with Crippen molar-refractivity contribution in [1.82, 2.24) is 0 Å². The second-order valence-corrected chi connectivity index (χ2v) is 4.62. The van der Waals surface area contributed by atoms with Crippen molar-refractivity contribution in [2.75, 3.05) is 36.5 Å². The van der Waals surface area contributed by atoms with Gasteiger partial charge in [-0.25, -0.2) is 0 Å². The number of morpholine rings is 1. The lowest BCUT2D eigenvalue weighted by Crippen LogP contribution is -2.36. The van der Waals surface area contributed by atoms with E-state index in [1.165, 1.54) is 6.20 Å². The van der Waals surface area contributed by atoms with E-state index in [-0.39, 0.29) is 5.57 Å². The highest BCUT2D eigenvalue weighted by molar-refractivity contribution is 6.31. The van der Waals surface area contributed by atoms with Gasteiger partial charge >= 0.3 is 0 Å². The maximum Gasteiger partial charge on any atom is 0.145 e. The Morgan fingerprint density at radius 2 is 2.00 bits per heavy atom. The first-order chi connectivity index (χ1) is 9.74. The molecule has 5 nitrogen and oxygen atoms in total. The smallest absolute Gasteiger partial charge is 0.145 e. The van der Waals surface area contributed by atoms with Crippen LogP contribution in [0.4, 0.5) is 11.4 Å². The third kappa shape index (κ3) is 3.42. The molecule has 0 amide bonds. The Bertz CT molecular complexity index is 578. The molecule has 1 fully saturated rings. The van der Waals surface area contributed by atoms with Crippen molar-refractivity contribution in [3.05, 3.63) is 35.0 Å². The molecular weight excluding hydrogens is 276 g/mol. The van der Waals surface area contributed by atoms with Crippen LogP contribution in [0.5, 0.6) is 0 Å². The minimum Gasteiger partial charge on any atom is -0.378 e. The van der Waals surface area contributed by atoms with Crippen LogP contribution < -0.4 is 10.2 Å². The molecule has 102 valence electrons. The van der Waals surface area contributed by atoms with Gasteiger partial charge in [0.25, 0.3) is 0 Å². The number of hydrogen-bond donors (Lipinski definition) is 1. The van der Waals surface area contributed by atoms with Gasteiger partial charge in [-0.1, -0.05) is 11.6 Å². The highest BCUT2D eigenvalue weighted by atomic mass is 35.5. The number of halogens is 1. The van der Waals surface area contributed by atoms with E-state index >= 15 is 0 Å². The molecular formula is C14H13ClN4O. The van der Waals surface area contributed by atoms with E-state index in [1.807, 2.05) is 12.1 Å². The molecule has 1 saturated heterocycles. The third-order valence-corrected chi connectivity index (χ3v) is 3.16. The molecule has 1 aromatic rings. The molecule has 6 heteroatoms. The maximum absolute atomic E-state index is 8.74. The SMILES string of the molecule is N#CC(C#N)=CNc1cc(Cl)ccc1N1CCOCC1. The van der Waals surface area contributed by atoms with Crippen LogP contribution in [-0.2, 0) is 4.74 Å². The maximum atomic E-state index is 8.74. The lowest BCUT2D eigenvalue weighted by atomic mass is 10.2. The fraction of sp³-hybridized carbons (Fsp3) is 0.286. The van der Waals surface area contributed by atoms with Gasteiger partial charge in [-0.15, -0.1) is 0 Å². The fourth-order valence-corrected chi connectivity index (χ4v) is 2.12. The second kappa shape index (κ2) is 6.81. The Labute approximate surface area is 122 Å². The summed E-state index contributed by atoms with van der Waals surface area (Å²) >= 11 is 6.00. The standard InChI is InChI=1S/C14H13ClN4O/c15-12-1-2-14(19-3-5-20-6-4-19)13(7-12)18-10-11(8-16)9-17/h1-2,7,10,18H,3-6H2. The Morgan fingerprint density at radius 3 is 2.65 bits per heavy atom. The van der Waals surface area contributed by atoms with Gasteiger partial charge in [0, 0.05) is 24.3 Å². The fourth-order valence-electron chi connectivity index (χ4n) is 1.94. The van der Waals surface area contributed by atoms with Gasteiger partial charge in [-0.2, -0.15) is 10.5 Å². The number of nitrogens with one attached hydrogen (secondary N) is 1. The van der Waals surface area contributed by atoms with E-state index < -0.39 is 0 Å². The van der Waals surface area contributed by atoms with Crippen LogP contribution in [0, 0.1) is 22.7 Å². The Kier molecular flexibility index (Phi) is 4.84. The summed E-state index contributed by atoms with van der Waals surface area (Å²) in [6.07, 6.45) is 1.38. The van der Waals surface area contributed by atoms with Crippen molar-refractivity contribution in [3.63, 3.8) is 0 Å². The van der Waals surface area contributed by atoms with Crippen molar-refractivity contribution >= 4 is 23.0 Å². The molecule has 2 rings (SSSR count). The lowest BCUT2D eigenvalue weighted by molar-refractivity contribution is 0.123. The number of ether oxygens (including phenoxy) is 1. The summed E-state index contributed by atoms with van der Waals surface area (Å²) in [4.78, 5) is 2.18. The van der Waals surface area contributed by atoms with Crippen LogP contribution in [-0.4, -0.2) is 26.3 Å². The number of anilines is 2. The summed E-state index contributed by atoms with van der Waals surface area (Å²) in [5, 5.41) is 21.1. The Morgan fingerprint density at radius 1 is 1.30 bits per heavy atom. The molecule has 0 unspecified atom stereocenters. The van der Waals surface area contributed by atoms with Gasteiger partial charge in [0.15, 0.2) is 0 Å². The van der Waals surface area contributed by atoms with Gasteiger partial charge in [-0.05, 0) is 18.2 Å². The van der Waals surface area contributed by atoms with Crippen LogP contribution >= 0.6 is 11.6 Å². The second-order valence-electron chi connectivity index (χ2n) is 4.19. The molecule has 0 atom stereocenters. The van der Waals surface area contributed by atoms with Crippen molar-refractivity contribution in [1.29, 1.82) is 10.5 Å². The van der Waals surface area contributed by atoms with E-state index in [1.54, 1.807) is 18.2 Å². The highest BCUT2D eigenvalue weighted by Gasteiger charge is 2.14. The van der Waals surface area contributed by atoms with Gasteiger partial charge in [-0.3, -0.25) is 0 Å². The monoisotopic (exact) mass is 288 g/mol. The lowest BCUT2D eigenvalue weighted by Gasteiger charge is -2.30. The molecule has 0 spiro atoms. The van der Waals surface area contributed by atoms with Crippen LogP contribution in [0.2, 0.25) is 5.02 Å². The number of nitriles is 2. The van der Waals surface area contributed by atoms with Gasteiger partial charge in [0.2, 0.25) is 0 Å². The molecule has 0 aliphatic carbocycles. The average molecular weight is 289 g/mol. The average Bonchev–Trinajstić information content (AvgIpc) is 2.49. The van der Waals surface area contributed by atoms with Crippen molar-refractivity contribution in [2.45, 2.75) is 0 Å². The molecule has 1 aliphatic heterocycles. The minimum atomic E-state index is 0.0119. The molecule has 1 aromatic carbocycles. The van der Waals surface area contributed by atoms with Crippen LogP contribution in [0.15, 0.2) is 30.0 Å². The van der Waals surface area contributed by atoms with Crippen LogP contribution in [0.3, 0.4) is 0 Å². The largest absolute Gasteiger partial charge is 0.378 e. The van der Waals surface area contributed by atoms with Crippen LogP contribution in [0.25, 0.3) is 0 Å². The number of benzene rings is 1. The molecule has 1 heterocycles. The molecule has 20 heavy (non-hydrogen) atoms. The summed E-state index contributed by atoms with van der Waals surface area (Å²) in [7, 11) is 0. The summed E-state index contributed by atoms with van der Waals surface area (Å²) in [5.74, 6) is 0. The molecule has 1 N–H and O–H groups in total. The van der Waals surface area contributed by atoms with Gasteiger partial charge < -0.3 is 15.0 Å². The van der Waals surface area contributed by atoms with E-state index in [0.29, 0.717) is 18.2 Å². The predicted molar refractivity (Wildman–Crippen MR) is 77.4 cm³/mol. The Hall–Kier alpha value is -2.21. The first kappa shape index (κ1) is 14.2. The summed E-state index contributed by atoms with van der Waals surface area (Å²) in [5.41, 5.74) is 1.75. The van der Waals surface area contributed by atoms with E-state index in [9.17, 15) is 0 Å². The zero-order valence-electron chi connectivity index (χ0n) is 10.8. The van der Waals surface area contributed by atoms with Crippen LogP contribution in [0.1, 0.15) is 0 Å². The normalized spacial score (nSPS) is 14.1. The van der Waals surface area contributed by atoms with Crippen molar-refractivity contribution in [2.24, 2.45) is 0 Å². The first-order valence-electron chi connectivity index (χ1n) is 6.13. The number of hydrogen-bond acceptors (Lipinski definition) is 5. The van der Waals surface area contributed by atoms with E-state index in [2.05, 4.69) is 10.2 Å². The zero-order chi connectivity index (χ0) is 14.4. The van der Waals surface area contributed by atoms with E-state index in [0.717, 1.165) is 24.5 Å². The molecule has 0 radical (unpaired) electrons. The van der Waals surface area contributed by atoms with Crippen molar-refractivity contribution in [3.8, 4) is 12.1 Å². The first-order valence-corrected chi connectivity index (χ1v) is 6.51. The summed E-state index contributed by atoms with van der Waals surface area (Å²) in [6.45, 7) is 2.95. The van der Waals surface area contributed by atoms with Gasteiger partial charge in [0.1, 0.15) is 17.7 Å². The predicted octanol–water partition coefficient (Wildman–Crippen LogP) is 2.52. The minimum absolute atomic E-state index is 0.0119.